The van der Waals surface area contributed by atoms with Crippen LogP contribution in [-0.4, -0.2) is 63.0 Å². The number of carbonyl (C=O) groups excluding carboxylic acids is 3. The van der Waals surface area contributed by atoms with Crippen LogP contribution in [0.5, 0.6) is 23.0 Å². The summed E-state index contributed by atoms with van der Waals surface area (Å²) in [5.41, 5.74) is 1.19. The molecule has 2 rings (SSSR count). The minimum absolute atomic E-state index is 0.0215. The molecule has 0 saturated heterocycles. The number of esters is 1. The van der Waals surface area contributed by atoms with E-state index < -0.39 is 31.1 Å². The van der Waals surface area contributed by atoms with Gasteiger partial charge < -0.3 is 28.6 Å². The molecule has 0 heterocycles. The highest BCUT2D eigenvalue weighted by Gasteiger charge is 2.31. The number of hydrogen-bond acceptors (Lipinski definition) is 10. The average Bonchev–Trinajstić information content (AvgIpc) is 2.92. The van der Waals surface area contributed by atoms with Gasteiger partial charge in [-0.05, 0) is 61.4 Å². The first-order chi connectivity index (χ1) is 19.0. The fourth-order valence-corrected chi connectivity index (χ4v) is 5.05. The van der Waals surface area contributed by atoms with Crippen LogP contribution in [-0.2, 0) is 28.4 Å². The number of rotatable bonds is 16. The predicted octanol–water partition coefficient (Wildman–Crippen LogP) is 4.38. The van der Waals surface area contributed by atoms with Gasteiger partial charge in [-0.25, -0.2) is 5.09 Å². The Morgan fingerprint density at radius 3 is 2.05 bits per heavy atom. The number of phenolic OH excluding ortho intramolecular Hbond substituents is 1. The van der Waals surface area contributed by atoms with Gasteiger partial charge in [-0.2, -0.15) is 0 Å². The highest BCUT2D eigenvalue weighted by molar-refractivity contribution is 7.57. The molecule has 12 heteroatoms. The summed E-state index contributed by atoms with van der Waals surface area (Å²) in [4.78, 5) is 36.5. The Balaban J connectivity index is 2.07. The van der Waals surface area contributed by atoms with Crippen LogP contribution >= 0.6 is 7.52 Å². The Bertz CT molecular complexity index is 1300. The highest BCUT2D eigenvalue weighted by atomic mass is 31.2. The van der Waals surface area contributed by atoms with Crippen molar-refractivity contribution in [3.8, 4) is 23.0 Å². The molecule has 2 aromatic carbocycles. The largest absolute Gasteiger partial charge is 0.504 e. The van der Waals surface area contributed by atoms with E-state index in [1.807, 2.05) is 0 Å². The minimum Gasteiger partial charge on any atom is -0.504 e. The second-order valence-corrected chi connectivity index (χ2v) is 10.4. The van der Waals surface area contributed by atoms with E-state index in [0.717, 1.165) is 0 Å². The van der Waals surface area contributed by atoms with Gasteiger partial charge in [0, 0.05) is 7.11 Å². The van der Waals surface area contributed by atoms with Crippen LogP contribution in [0, 0.1) is 0 Å². The molecule has 2 N–H and O–H groups in total. The van der Waals surface area contributed by atoms with E-state index >= 15 is 0 Å². The standard InChI is InChI=1S/C28H34NO10P/c1-6-38-28(33)19(2)29-40(34,18-35-3)39-25-14-10-21(16-27(25)37-5)8-12-23(31)17-22(30)11-7-20-9-13-24(32)26(15-20)36-4/h7-16,19,32H,6,17-18H2,1-5H3,(H,29,34)/b11-7+,12-8+. The molecule has 0 bridgehead atoms. The van der Waals surface area contributed by atoms with Gasteiger partial charge in [0.1, 0.15) is 12.4 Å². The maximum atomic E-state index is 13.3. The van der Waals surface area contributed by atoms with Gasteiger partial charge in [-0.3, -0.25) is 18.9 Å². The third-order valence-corrected chi connectivity index (χ3v) is 7.11. The van der Waals surface area contributed by atoms with Gasteiger partial charge in [-0.1, -0.05) is 24.3 Å². The van der Waals surface area contributed by atoms with Crippen LogP contribution in [0.15, 0.2) is 48.6 Å². The average molecular weight is 576 g/mol. The summed E-state index contributed by atoms with van der Waals surface area (Å²) in [5.74, 6) is -0.813. The number of phenols is 1. The Hall–Kier alpha value is -3.92. The summed E-state index contributed by atoms with van der Waals surface area (Å²) in [7, 11) is 0.457. The van der Waals surface area contributed by atoms with E-state index in [1.165, 1.54) is 64.7 Å². The van der Waals surface area contributed by atoms with Crippen molar-refractivity contribution in [2.45, 2.75) is 26.3 Å². The van der Waals surface area contributed by atoms with Crippen LogP contribution in [0.1, 0.15) is 31.4 Å². The molecule has 2 aromatic rings. The maximum absolute atomic E-state index is 13.3. The molecule has 0 fully saturated rings. The zero-order valence-corrected chi connectivity index (χ0v) is 23.9. The van der Waals surface area contributed by atoms with Crippen molar-refractivity contribution in [3.05, 3.63) is 59.7 Å². The van der Waals surface area contributed by atoms with E-state index in [1.54, 1.807) is 31.2 Å². The number of benzene rings is 2. The molecule has 40 heavy (non-hydrogen) atoms. The topological polar surface area (TPSA) is 147 Å². The summed E-state index contributed by atoms with van der Waals surface area (Å²) < 4.78 is 39.4. The number of ether oxygens (including phenoxy) is 4. The first-order valence-corrected chi connectivity index (χ1v) is 14.0. The molecule has 2 unspecified atom stereocenters. The van der Waals surface area contributed by atoms with Gasteiger partial charge in [-0.15, -0.1) is 0 Å². The second-order valence-electron chi connectivity index (χ2n) is 8.40. The van der Waals surface area contributed by atoms with Crippen LogP contribution in [0.2, 0.25) is 0 Å². The zero-order valence-electron chi connectivity index (χ0n) is 23.0. The summed E-state index contributed by atoms with van der Waals surface area (Å²) in [6, 6.07) is 8.36. The Labute approximate surface area is 233 Å². The van der Waals surface area contributed by atoms with Crippen molar-refractivity contribution >= 4 is 37.2 Å². The minimum atomic E-state index is -3.70. The quantitative estimate of drug-likeness (QED) is 0.127. The summed E-state index contributed by atoms with van der Waals surface area (Å²) in [6.45, 7) is 3.33. The smallest absolute Gasteiger partial charge is 0.342 e. The monoisotopic (exact) mass is 575 g/mol. The fraction of sp³-hybridized carbons (Fsp3) is 0.321. The van der Waals surface area contributed by atoms with Crippen LogP contribution in [0.4, 0.5) is 0 Å². The number of nitrogens with one attached hydrogen (secondary N) is 1. The summed E-state index contributed by atoms with van der Waals surface area (Å²) in [6.07, 6.45) is 4.91. The normalized spacial score (nSPS) is 13.5. The Kier molecular flexibility index (Phi) is 12.6. The van der Waals surface area contributed by atoms with E-state index in [0.29, 0.717) is 11.1 Å². The number of hydrogen-bond donors (Lipinski definition) is 2. The van der Waals surface area contributed by atoms with Crippen LogP contribution in [0.25, 0.3) is 12.2 Å². The van der Waals surface area contributed by atoms with Gasteiger partial charge >= 0.3 is 13.5 Å². The van der Waals surface area contributed by atoms with Crippen molar-refractivity contribution < 1.29 is 47.5 Å². The lowest BCUT2D eigenvalue weighted by molar-refractivity contribution is -0.144. The van der Waals surface area contributed by atoms with E-state index in [4.69, 9.17) is 23.5 Å². The maximum Gasteiger partial charge on any atom is 0.342 e. The van der Waals surface area contributed by atoms with Gasteiger partial charge in [0.2, 0.25) is 0 Å². The lowest BCUT2D eigenvalue weighted by Crippen LogP contribution is -2.35. The summed E-state index contributed by atoms with van der Waals surface area (Å²) >= 11 is 0. The molecular weight excluding hydrogens is 541 g/mol. The SMILES string of the molecule is CCOC(=O)C(C)NP(=O)(COC)Oc1ccc(/C=C/C(=O)CC(=O)/C=C/c2ccc(O)c(OC)c2)cc1OC. The molecule has 216 valence electrons. The molecule has 2 atom stereocenters. The van der Waals surface area contributed by atoms with Crippen LogP contribution in [0.3, 0.4) is 0 Å². The molecular formula is C28H34NO10P. The van der Waals surface area contributed by atoms with Crippen molar-refractivity contribution in [3.63, 3.8) is 0 Å². The number of ketones is 2. The molecule has 0 saturated carbocycles. The molecule has 11 nitrogen and oxygen atoms in total. The molecule has 0 radical (unpaired) electrons. The van der Waals surface area contributed by atoms with E-state index in [9.17, 15) is 24.1 Å². The third-order valence-electron chi connectivity index (χ3n) is 5.24. The first kappa shape index (κ1) is 32.3. The molecule has 0 aromatic heterocycles. The van der Waals surface area contributed by atoms with Crippen molar-refractivity contribution in [2.24, 2.45) is 0 Å². The zero-order chi connectivity index (χ0) is 29.7. The lowest BCUT2D eigenvalue weighted by atomic mass is 10.1. The number of methoxy groups -OCH3 is 3. The van der Waals surface area contributed by atoms with Gasteiger partial charge in [0.05, 0.1) is 27.2 Å². The van der Waals surface area contributed by atoms with Gasteiger partial charge in [0.25, 0.3) is 0 Å². The predicted molar refractivity (Wildman–Crippen MR) is 150 cm³/mol. The molecule has 0 spiro atoms. The molecule has 0 aliphatic heterocycles. The fourth-order valence-electron chi connectivity index (χ4n) is 3.36. The molecule has 0 amide bonds. The van der Waals surface area contributed by atoms with Crippen molar-refractivity contribution in [2.75, 3.05) is 34.3 Å². The first-order valence-electron chi connectivity index (χ1n) is 12.2. The number of allylic oxidation sites excluding steroid dienone is 2. The van der Waals surface area contributed by atoms with Gasteiger partial charge in [0.15, 0.2) is 34.6 Å². The second kappa shape index (κ2) is 15.6. The van der Waals surface area contributed by atoms with E-state index in [2.05, 4.69) is 5.09 Å². The molecule has 0 aliphatic rings. The Morgan fingerprint density at radius 1 is 0.925 bits per heavy atom. The number of aromatic hydroxyl groups is 1. The molecule has 0 aliphatic carbocycles. The Morgan fingerprint density at radius 2 is 1.50 bits per heavy atom. The lowest BCUT2D eigenvalue weighted by Gasteiger charge is -2.23. The van der Waals surface area contributed by atoms with E-state index in [-0.39, 0.29) is 42.4 Å². The summed E-state index contributed by atoms with van der Waals surface area (Å²) in [5, 5.41) is 12.3. The van der Waals surface area contributed by atoms with Crippen molar-refractivity contribution in [1.82, 2.24) is 5.09 Å². The van der Waals surface area contributed by atoms with Crippen molar-refractivity contribution in [1.29, 1.82) is 0 Å². The van der Waals surface area contributed by atoms with Crippen LogP contribution < -0.4 is 19.1 Å². The number of carbonyl (C=O) groups is 3. The highest BCUT2D eigenvalue weighted by Crippen LogP contribution is 2.46. The third kappa shape index (κ3) is 10.00.